The van der Waals surface area contributed by atoms with Crippen molar-refractivity contribution >= 4 is 40.3 Å². The molecule has 1 N–H and O–H groups in total. The Morgan fingerprint density at radius 1 is 1.53 bits per heavy atom. The van der Waals surface area contributed by atoms with E-state index in [1.54, 1.807) is 6.92 Å². The van der Waals surface area contributed by atoms with E-state index >= 15 is 0 Å². The molecule has 0 saturated heterocycles. The second-order valence-electron chi connectivity index (χ2n) is 3.37. The number of aliphatic carboxylic acids is 1. The summed E-state index contributed by atoms with van der Waals surface area (Å²) in [5.41, 5.74) is 0.667. The van der Waals surface area contributed by atoms with Gasteiger partial charge in [-0.15, -0.1) is 0 Å². The Kier molecular flexibility index (Phi) is 3.17. The maximum Gasteiger partial charge on any atom is 0.326 e. The van der Waals surface area contributed by atoms with Crippen LogP contribution in [0.1, 0.15) is 19.4 Å². The average molecular weight is 275 g/mol. The van der Waals surface area contributed by atoms with Crippen LogP contribution in [0, 0.1) is 0 Å². The van der Waals surface area contributed by atoms with Gasteiger partial charge in [-0.1, -0.05) is 18.5 Å². The Morgan fingerprint density at radius 3 is 2.82 bits per heavy atom. The molecule has 17 heavy (non-hydrogen) atoms. The molecule has 2 aromatic heterocycles. The summed E-state index contributed by atoms with van der Waals surface area (Å²) in [6.45, 7) is 1.76. The first-order valence-electron chi connectivity index (χ1n) is 4.83. The fourth-order valence-corrected chi connectivity index (χ4v) is 2.00. The summed E-state index contributed by atoms with van der Waals surface area (Å²) in [7, 11) is 0. The van der Waals surface area contributed by atoms with Crippen molar-refractivity contribution < 1.29 is 9.90 Å². The van der Waals surface area contributed by atoms with Crippen molar-refractivity contribution in [1.29, 1.82) is 0 Å². The van der Waals surface area contributed by atoms with Crippen molar-refractivity contribution in [3.63, 3.8) is 0 Å². The predicted octanol–water partition coefficient (Wildman–Crippen LogP) is 2.17. The first-order valence-corrected chi connectivity index (χ1v) is 5.58. The largest absolute Gasteiger partial charge is 0.480 e. The second-order valence-corrected chi connectivity index (χ2v) is 4.07. The van der Waals surface area contributed by atoms with Crippen LogP contribution in [0.2, 0.25) is 10.4 Å². The van der Waals surface area contributed by atoms with Crippen LogP contribution in [-0.2, 0) is 4.79 Å². The van der Waals surface area contributed by atoms with Crippen molar-refractivity contribution in [3.05, 3.63) is 16.8 Å². The molecule has 0 saturated carbocycles. The van der Waals surface area contributed by atoms with Crippen LogP contribution in [0.3, 0.4) is 0 Å². The first kappa shape index (κ1) is 12.1. The average Bonchev–Trinajstić information content (AvgIpc) is 2.63. The van der Waals surface area contributed by atoms with E-state index in [0.717, 1.165) is 0 Å². The van der Waals surface area contributed by atoms with Gasteiger partial charge in [0, 0.05) is 0 Å². The SMILES string of the molecule is CCC(C(=O)O)n1cnc2c(Cl)nc(Cl)nc21. The summed E-state index contributed by atoms with van der Waals surface area (Å²) in [6.07, 6.45) is 1.78. The third-order valence-corrected chi connectivity index (χ3v) is 2.79. The molecule has 2 rings (SSSR count). The van der Waals surface area contributed by atoms with Crippen molar-refractivity contribution in [1.82, 2.24) is 19.5 Å². The van der Waals surface area contributed by atoms with E-state index in [9.17, 15) is 4.79 Å². The molecule has 0 aliphatic heterocycles. The molecule has 90 valence electrons. The van der Waals surface area contributed by atoms with Gasteiger partial charge in [-0.25, -0.2) is 14.8 Å². The molecule has 0 amide bonds. The Balaban J connectivity index is 2.67. The zero-order chi connectivity index (χ0) is 12.6. The van der Waals surface area contributed by atoms with E-state index in [0.29, 0.717) is 17.6 Å². The van der Waals surface area contributed by atoms with Crippen molar-refractivity contribution in [2.45, 2.75) is 19.4 Å². The van der Waals surface area contributed by atoms with E-state index in [-0.39, 0.29) is 10.4 Å². The fourth-order valence-electron chi connectivity index (χ4n) is 1.58. The Labute approximate surface area is 106 Å². The molecule has 1 atom stereocenters. The highest BCUT2D eigenvalue weighted by Gasteiger charge is 2.21. The summed E-state index contributed by atoms with van der Waals surface area (Å²) < 4.78 is 1.43. The lowest BCUT2D eigenvalue weighted by Gasteiger charge is -2.11. The van der Waals surface area contributed by atoms with Crippen molar-refractivity contribution in [3.8, 4) is 0 Å². The standard InChI is InChI=1S/C9H8Cl2N4O2/c1-2-4(8(16)17)15-3-12-5-6(10)13-9(11)14-7(5)15/h3-4H,2H2,1H3,(H,16,17). The molecule has 0 radical (unpaired) electrons. The molecule has 0 bridgehead atoms. The summed E-state index contributed by atoms with van der Waals surface area (Å²) in [5.74, 6) is -0.961. The van der Waals surface area contributed by atoms with Gasteiger partial charge in [-0.05, 0) is 18.0 Å². The van der Waals surface area contributed by atoms with Crippen molar-refractivity contribution in [2.75, 3.05) is 0 Å². The quantitative estimate of drug-likeness (QED) is 0.685. The summed E-state index contributed by atoms with van der Waals surface area (Å²) in [6, 6.07) is -0.748. The minimum absolute atomic E-state index is 0.0375. The third-order valence-electron chi connectivity index (χ3n) is 2.36. The van der Waals surface area contributed by atoms with Gasteiger partial charge in [0.1, 0.15) is 11.6 Å². The van der Waals surface area contributed by atoms with Crippen LogP contribution in [-0.4, -0.2) is 30.6 Å². The number of carboxylic acid groups (broad SMARTS) is 1. The monoisotopic (exact) mass is 274 g/mol. The Bertz CT molecular complexity index is 584. The summed E-state index contributed by atoms with van der Waals surface area (Å²) in [4.78, 5) is 22.8. The third kappa shape index (κ3) is 2.05. The molecule has 6 nitrogen and oxygen atoms in total. The van der Waals surface area contributed by atoms with E-state index in [2.05, 4.69) is 15.0 Å². The van der Waals surface area contributed by atoms with Crippen LogP contribution in [0.25, 0.3) is 11.2 Å². The number of carbonyl (C=O) groups is 1. The molecule has 2 heterocycles. The molecule has 8 heteroatoms. The van der Waals surface area contributed by atoms with Crippen molar-refractivity contribution in [2.24, 2.45) is 0 Å². The van der Waals surface area contributed by atoms with E-state index in [1.807, 2.05) is 0 Å². The highest BCUT2D eigenvalue weighted by atomic mass is 35.5. The van der Waals surface area contributed by atoms with Gasteiger partial charge >= 0.3 is 5.97 Å². The lowest BCUT2D eigenvalue weighted by atomic mass is 10.2. The smallest absolute Gasteiger partial charge is 0.326 e. The molecule has 0 aromatic carbocycles. The molecule has 0 aliphatic carbocycles. The number of aromatic nitrogens is 4. The second kappa shape index (κ2) is 4.46. The number of halogens is 2. The lowest BCUT2D eigenvalue weighted by molar-refractivity contribution is -0.140. The van der Waals surface area contributed by atoms with Gasteiger partial charge < -0.3 is 9.67 Å². The number of imidazole rings is 1. The molecule has 0 aliphatic rings. The van der Waals surface area contributed by atoms with Gasteiger partial charge in [-0.3, -0.25) is 0 Å². The van der Waals surface area contributed by atoms with Crippen LogP contribution >= 0.6 is 23.2 Å². The molecule has 1 unspecified atom stereocenters. The van der Waals surface area contributed by atoms with Gasteiger partial charge in [0.05, 0.1) is 6.33 Å². The van der Waals surface area contributed by atoms with Crippen LogP contribution in [0.4, 0.5) is 0 Å². The van der Waals surface area contributed by atoms with Crippen LogP contribution in [0.5, 0.6) is 0 Å². The lowest BCUT2D eigenvalue weighted by Crippen LogP contribution is -2.17. The molecular formula is C9H8Cl2N4O2. The topological polar surface area (TPSA) is 80.9 Å². The van der Waals surface area contributed by atoms with E-state index < -0.39 is 12.0 Å². The number of fused-ring (bicyclic) bond motifs is 1. The number of nitrogens with zero attached hydrogens (tertiary/aromatic N) is 4. The Hall–Kier alpha value is -1.40. The molecule has 0 fully saturated rings. The highest BCUT2D eigenvalue weighted by molar-refractivity contribution is 6.35. The Morgan fingerprint density at radius 2 is 2.24 bits per heavy atom. The van der Waals surface area contributed by atoms with E-state index in [1.165, 1.54) is 10.9 Å². The molecule has 2 aromatic rings. The van der Waals surface area contributed by atoms with Gasteiger partial charge in [0.2, 0.25) is 5.28 Å². The normalized spacial score (nSPS) is 12.9. The van der Waals surface area contributed by atoms with Crippen LogP contribution < -0.4 is 0 Å². The minimum atomic E-state index is -0.961. The molecular weight excluding hydrogens is 267 g/mol. The maximum absolute atomic E-state index is 11.1. The van der Waals surface area contributed by atoms with Crippen LogP contribution in [0.15, 0.2) is 6.33 Å². The van der Waals surface area contributed by atoms with Gasteiger partial charge in [-0.2, -0.15) is 4.98 Å². The van der Waals surface area contributed by atoms with Gasteiger partial charge in [0.25, 0.3) is 0 Å². The summed E-state index contributed by atoms with van der Waals surface area (Å²) >= 11 is 11.5. The zero-order valence-corrected chi connectivity index (χ0v) is 10.3. The fraction of sp³-hybridized carbons (Fsp3) is 0.333. The maximum atomic E-state index is 11.1. The van der Waals surface area contributed by atoms with Gasteiger partial charge in [0.15, 0.2) is 10.8 Å². The number of carboxylic acids is 1. The van der Waals surface area contributed by atoms with E-state index in [4.69, 9.17) is 28.3 Å². The zero-order valence-electron chi connectivity index (χ0n) is 8.76. The summed E-state index contributed by atoms with van der Waals surface area (Å²) in [5, 5.41) is 9.16. The predicted molar refractivity (Wildman–Crippen MR) is 62.3 cm³/mol. The number of rotatable bonds is 3. The first-order chi connectivity index (χ1) is 8.04. The highest BCUT2D eigenvalue weighted by Crippen LogP contribution is 2.24. The number of hydrogen-bond acceptors (Lipinski definition) is 4. The molecule has 0 spiro atoms. The minimum Gasteiger partial charge on any atom is -0.480 e. The number of hydrogen-bond donors (Lipinski definition) is 1.